The van der Waals surface area contributed by atoms with Crippen LogP contribution in [0.25, 0.3) is 15.9 Å². The minimum Gasteiger partial charge on any atom is -0.308 e. The van der Waals surface area contributed by atoms with Crippen molar-refractivity contribution in [1.82, 2.24) is 19.6 Å². The van der Waals surface area contributed by atoms with Crippen molar-refractivity contribution in [3.05, 3.63) is 46.1 Å². The third-order valence-corrected chi connectivity index (χ3v) is 9.30. The Kier molecular flexibility index (Phi) is 4.56. The van der Waals surface area contributed by atoms with Crippen molar-refractivity contribution in [2.45, 2.75) is 69.0 Å². The summed E-state index contributed by atoms with van der Waals surface area (Å²) in [5, 5.41) is 11.2. The lowest BCUT2D eigenvalue weighted by atomic mass is 9.97. The van der Waals surface area contributed by atoms with Crippen molar-refractivity contribution >= 4 is 50.6 Å². The Labute approximate surface area is 200 Å². The summed E-state index contributed by atoms with van der Waals surface area (Å²) in [6.45, 7) is 2.13. The highest BCUT2D eigenvalue weighted by Gasteiger charge is 2.33. The molecule has 0 spiro atoms. The molecule has 0 saturated heterocycles. The molecule has 7 rings (SSSR count). The first-order chi connectivity index (χ1) is 16.2. The number of carbonyl (C=O) groups excluding carboxylic acids is 1. The van der Waals surface area contributed by atoms with Gasteiger partial charge in [-0.1, -0.05) is 30.0 Å². The van der Waals surface area contributed by atoms with E-state index in [1.54, 1.807) is 0 Å². The Hall–Kier alpha value is -2.45. The van der Waals surface area contributed by atoms with Gasteiger partial charge >= 0.3 is 0 Å². The molecule has 1 atom stereocenters. The van der Waals surface area contributed by atoms with E-state index >= 15 is 0 Å². The lowest BCUT2D eigenvalue weighted by Gasteiger charge is -2.22. The van der Waals surface area contributed by atoms with Gasteiger partial charge < -0.3 is 4.90 Å². The zero-order valence-corrected chi connectivity index (χ0v) is 20.2. The summed E-state index contributed by atoms with van der Waals surface area (Å²) in [6.07, 6.45) is 8.01. The summed E-state index contributed by atoms with van der Waals surface area (Å²) in [7, 11) is 0. The lowest BCUT2D eigenvalue weighted by Crippen LogP contribution is -2.37. The number of hydrogen-bond donors (Lipinski definition) is 0. The van der Waals surface area contributed by atoms with Crippen molar-refractivity contribution in [3.63, 3.8) is 0 Å². The van der Waals surface area contributed by atoms with E-state index in [2.05, 4.69) is 33.7 Å². The molecule has 2 aliphatic carbocycles. The van der Waals surface area contributed by atoms with Gasteiger partial charge in [0.1, 0.15) is 10.7 Å². The minimum atomic E-state index is 0.129. The fourth-order valence-corrected chi connectivity index (χ4v) is 7.57. The van der Waals surface area contributed by atoms with Gasteiger partial charge in [0.25, 0.3) is 0 Å². The van der Waals surface area contributed by atoms with Crippen LogP contribution in [-0.2, 0) is 24.1 Å². The van der Waals surface area contributed by atoms with Gasteiger partial charge in [-0.2, -0.15) is 0 Å². The summed E-state index contributed by atoms with van der Waals surface area (Å²) in [4.78, 5) is 23.0. The van der Waals surface area contributed by atoms with Crippen LogP contribution >= 0.6 is 23.1 Å². The van der Waals surface area contributed by atoms with Crippen molar-refractivity contribution in [3.8, 4) is 0 Å². The third kappa shape index (κ3) is 3.14. The summed E-state index contributed by atoms with van der Waals surface area (Å²) in [5.74, 6) is 2.04. The molecular weight excluding hydrogens is 450 g/mol. The third-order valence-electron chi connectivity index (χ3n) is 7.20. The van der Waals surface area contributed by atoms with E-state index in [9.17, 15) is 4.79 Å². The smallest absolute Gasteiger partial charge is 0.237 e. The van der Waals surface area contributed by atoms with E-state index in [0.717, 1.165) is 46.4 Å². The number of rotatable bonds is 4. The number of thioether (sulfide) groups is 1. The maximum Gasteiger partial charge on any atom is 0.237 e. The molecule has 1 aliphatic heterocycles. The number of nitrogens with zero attached hydrogens (tertiary/aromatic N) is 5. The van der Waals surface area contributed by atoms with Crippen LogP contribution in [0.1, 0.15) is 60.4 Å². The Morgan fingerprint density at radius 3 is 2.91 bits per heavy atom. The van der Waals surface area contributed by atoms with E-state index in [1.165, 1.54) is 58.8 Å². The fraction of sp³-hybridized carbons (Fsp3) is 0.440. The molecule has 0 N–H and O–H groups in total. The number of hydrogen-bond acceptors (Lipinski definition) is 6. The number of benzene rings is 1. The number of thiophene rings is 1. The van der Waals surface area contributed by atoms with Crippen LogP contribution in [0.4, 0.5) is 5.69 Å². The largest absolute Gasteiger partial charge is 0.308 e. The normalized spacial score (nSPS) is 19.9. The highest BCUT2D eigenvalue weighted by molar-refractivity contribution is 7.99. The van der Waals surface area contributed by atoms with Crippen LogP contribution in [0.15, 0.2) is 29.4 Å². The molecule has 1 fully saturated rings. The summed E-state index contributed by atoms with van der Waals surface area (Å²) < 4.78 is 2.17. The van der Waals surface area contributed by atoms with Crippen molar-refractivity contribution in [2.24, 2.45) is 0 Å². The summed E-state index contributed by atoms with van der Waals surface area (Å²) >= 11 is 3.35. The predicted molar refractivity (Wildman–Crippen MR) is 133 cm³/mol. The number of para-hydroxylation sites is 1. The van der Waals surface area contributed by atoms with Gasteiger partial charge in [0.2, 0.25) is 5.91 Å². The first kappa shape index (κ1) is 20.0. The van der Waals surface area contributed by atoms with Crippen molar-refractivity contribution in [2.75, 3.05) is 10.7 Å². The second kappa shape index (κ2) is 7.53. The van der Waals surface area contributed by atoms with Gasteiger partial charge in [0.05, 0.1) is 11.1 Å². The Morgan fingerprint density at radius 1 is 1.18 bits per heavy atom. The molecule has 0 radical (unpaired) electrons. The molecule has 168 valence electrons. The molecule has 4 heterocycles. The van der Waals surface area contributed by atoms with Gasteiger partial charge in [-0.15, -0.1) is 21.5 Å². The van der Waals surface area contributed by atoms with Crippen molar-refractivity contribution < 1.29 is 4.79 Å². The minimum absolute atomic E-state index is 0.129. The molecule has 8 heteroatoms. The summed E-state index contributed by atoms with van der Waals surface area (Å²) in [6, 6.07) is 8.42. The molecule has 6 nitrogen and oxygen atoms in total. The Morgan fingerprint density at radius 2 is 2.03 bits per heavy atom. The fourth-order valence-electron chi connectivity index (χ4n) is 5.50. The van der Waals surface area contributed by atoms with Gasteiger partial charge in [0.15, 0.2) is 10.8 Å². The van der Waals surface area contributed by atoms with Gasteiger partial charge in [-0.3, -0.25) is 9.20 Å². The second-order valence-corrected chi connectivity index (χ2v) is 11.5. The Bertz CT molecular complexity index is 1420. The predicted octanol–water partition coefficient (Wildman–Crippen LogP) is 5.17. The molecule has 3 aromatic heterocycles. The number of anilines is 1. The molecule has 0 unspecified atom stereocenters. The molecule has 1 saturated carbocycles. The van der Waals surface area contributed by atoms with E-state index < -0.39 is 0 Å². The highest BCUT2D eigenvalue weighted by Crippen LogP contribution is 2.44. The van der Waals surface area contributed by atoms with Crippen LogP contribution in [0.5, 0.6) is 0 Å². The average Bonchev–Trinajstić information content (AvgIpc) is 3.34. The molecule has 33 heavy (non-hydrogen) atoms. The average molecular weight is 476 g/mol. The molecule has 4 aromatic rings. The molecule has 1 aromatic carbocycles. The molecule has 1 amide bonds. The van der Waals surface area contributed by atoms with E-state index in [0.29, 0.717) is 11.7 Å². The van der Waals surface area contributed by atoms with E-state index in [4.69, 9.17) is 4.98 Å². The van der Waals surface area contributed by atoms with Gasteiger partial charge in [-0.05, 0) is 69.1 Å². The van der Waals surface area contributed by atoms with Crippen LogP contribution in [0.2, 0.25) is 0 Å². The first-order valence-corrected chi connectivity index (χ1v) is 13.7. The maximum atomic E-state index is 13.3. The van der Waals surface area contributed by atoms with Gasteiger partial charge in [0, 0.05) is 22.5 Å². The number of aryl methyl sites for hydroxylation is 2. The zero-order valence-electron chi connectivity index (χ0n) is 18.6. The molecule has 3 aliphatic rings. The quantitative estimate of drug-likeness (QED) is 0.381. The molecular formula is C25H25N5OS2. The van der Waals surface area contributed by atoms with Crippen LogP contribution < -0.4 is 4.90 Å². The monoisotopic (exact) mass is 475 g/mol. The number of fused-ring (bicyclic) bond motifs is 6. The van der Waals surface area contributed by atoms with Crippen molar-refractivity contribution in [1.29, 1.82) is 0 Å². The van der Waals surface area contributed by atoms with Crippen LogP contribution in [0.3, 0.4) is 0 Å². The lowest BCUT2D eigenvalue weighted by molar-refractivity contribution is -0.116. The Balaban J connectivity index is 1.25. The number of amides is 1. The van der Waals surface area contributed by atoms with E-state index in [1.807, 2.05) is 28.4 Å². The number of carbonyl (C=O) groups is 1. The van der Waals surface area contributed by atoms with Crippen LogP contribution in [-0.4, -0.2) is 37.3 Å². The molecule has 0 bridgehead atoms. The standard InChI is InChI=1S/C25H25N5OS2/c1-14-12-16-6-2-4-8-18(16)29(14)20(31)13-32-25-28-27-23-21-17-7-3-5-9-19(17)33-24(21)26-22(30(23)25)15-10-11-15/h2,4,6,8,14-15H,3,5,7,9-13H2,1H3/t14-/m0/s1. The highest BCUT2D eigenvalue weighted by atomic mass is 32.2. The zero-order chi connectivity index (χ0) is 22.1. The second-order valence-electron chi connectivity index (χ2n) is 9.51. The SMILES string of the molecule is C[C@H]1Cc2ccccc2N1C(=O)CSc1nnc2c3c4c(sc3nc(C3CC3)n12)CCCC4. The van der Waals surface area contributed by atoms with Gasteiger partial charge in [-0.25, -0.2) is 4.98 Å². The maximum absolute atomic E-state index is 13.3. The van der Waals surface area contributed by atoms with E-state index in [-0.39, 0.29) is 11.9 Å². The number of aromatic nitrogens is 4. The summed E-state index contributed by atoms with van der Waals surface area (Å²) in [5.41, 5.74) is 4.68. The van der Waals surface area contributed by atoms with Crippen LogP contribution in [0, 0.1) is 0 Å². The topological polar surface area (TPSA) is 63.4 Å². The first-order valence-electron chi connectivity index (χ1n) is 11.9.